The minimum Gasteiger partial charge on any atom is -0.497 e. The summed E-state index contributed by atoms with van der Waals surface area (Å²) in [6, 6.07) is 21.2. The van der Waals surface area contributed by atoms with Gasteiger partial charge in [0, 0.05) is 19.7 Å². The van der Waals surface area contributed by atoms with E-state index in [1.807, 2.05) is 31.2 Å². The predicted molar refractivity (Wildman–Crippen MR) is 139 cm³/mol. The van der Waals surface area contributed by atoms with Gasteiger partial charge in [0.05, 0.1) is 17.7 Å². The van der Waals surface area contributed by atoms with Crippen LogP contribution in [-0.2, 0) is 26.2 Å². The number of carbonyl (C=O) groups excluding carboxylic acids is 2. The summed E-state index contributed by atoms with van der Waals surface area (Å²) in [5.41, 5.74) is 2.12. The van der Waals surface area contributed by atoms with Crippen molar-refractivity contribution in [3.05, 3.63) is 90.0 Å². The molecule has 8 nitrogen and oxygen atoms in total. The summed E-state index contributed by atoms with van der Waals surface area (Å²) in [4.78, 5) is 27.7. The first-order chi connectivity index (χ1) is 17.2. The smallest absolute Gasteiger partial charge is 0.264 e. The van der Waals surface area contributed by atoms with Crippen molar-refractivity contribution in [1.82, 2.24) is 10.2 Å². The van der Waals surface area contributed by atoms with E-state index in [0.717, 1.165) is 15.4 Å². The normalized spacial score (nSPS) is 11.9. The molecule has 0 fully saturated rings. The van der Waals surface area contributed by atoms with Gasteiger partial charge in [-0.05, 0) is 43.7 Å². The molecule has 3 aromatic rings. The van der Waals surface area contributed by atoms with Crippen LogP contribution in [0.15, 0.2) is 83.8 Å². The van der Waals surface area contributed by atoms with Gasteiger partial charge in [-0.2, -0.15) is 0 Å². The van der Waals surface area contributed by atoms with Gasteiger partial charge in [0.25, 0.3) is 10.0 Å². The molecule has 0 aliphatic rings. The number of ether oxygens (including phenoxy) is 1. The van der Waals surface area contributed by atoms with Gasteiger partial charge in [0.2, 0.25) is 11.8 Å². The van der Waals surface area contributed by atoms with Crippen molar-refractivity contribution in [3.63, 3.8) is 0 Å². The van der Waals surface area contributed by atoms with E-state index < -0.39 is 28.5 Å². The topological polar surface area (TPSA) is 96.0 Å². The number of amides is 2. The Morgan fingerprint density at radius 2 is 1.67 bits per heavy atom. The number of likely N-dealkylation sites (N-methyl/N-ethyl adjacent to an activating group) is 1. The van der Waals surface area contributed by atoms with E-state index in [4.69, 9.17) is 4.74 Å². The lowest BCUT2D eigenvalue weighted by molar-refractivity contribution is -0.139. The highest BCUT2D eigenvalue weighted by molar-refractivity contribution is 7.92. The summed E-state index contributed by atoms with van der Waals surface area (Å²) in [6.07, 6.45) is 0. The third-order valence-electron chi connectivity index (χ3n) is 5.80. The van der Waals surface area contributed by atoms with Gasteiger partial charge in [0.1, 0.15) is 18.3 Å². The summed E-state index contributed by atoms with van der Waals surface area (Å²) < 4.78 is 33.7. The van der Waals surface area contributed by atoms with Crippen molar-refractivity contribution in [3.8, 4) is 5.75 Å². The number of hydrogen-bond donors (Lipinski definition) is 1. The third-order valence-corrected chi connectivity index (χ3v) is 7.59. The number of nitrogens with one attached hydrogen (secondary N) is 1. The van der Waals surface area contributed by atoms with Crippen molar-refractivity contribution in [2.45, 2.75) is 31.3 Å². The van der Waals surface area contributed by atoms with E-state index in [2.05, 4.69) is 5.32 Å². The number of methoxy groups -OCH3 is 1. The van der Waals surface area contributed by atoms with Crippen LogP contribution < -0.4 is 14.4 Å². The van der Waals surface area contributed by atoms with E-state index in [0.29, 0.717) is 5.75 Å². The number of sulfonamides is 1. The first-order valence-corrected chi connectivity index (χ1v) is 12.9. The van der Waals surface area contributed by atoms with Gasteiger partial charge in [-0.25, -0.2) is 8.42 Å². The second-order valence-electron chi connectivity index (χ2n) is 8.33. The molecule has 0 spiro atoms. The van der Waals surface area contributed by atoms with Crippen LogP contribution in [0.4, 0.5) is 5.69 Å². The highest BCUT2D eigenvalue weighted by atomic mass is 32.2. The molecule has 0 heterocycles. The lowest BCUT2D eigenvalue weighted by atomic mass is 10.1. The highest BCUT2D eigenvalue weighted by Crippen LogP contribution is 2.27. The maximum atomic E-state index is 13.7. The monoisotopic (exact) mass is 509 g/mol. The summed E-state index contributed by atoms with van der Waals surface area (Å²) in [5, 5.41) is 2.57. The van der Waals surface area contributed by atoms with Gasteiger partial charge in [-0.3, -0.25) is 13.9 Å². The van der Waals surface area contributed by atoms with Crippen LogP contribution in [0.5, 0.6) is 5.75 Å². The number of rotatable bonds is 10. The Balaban J connectivity index is 2.04. The SMILES string of the molecule is CNC(=O)C(C)N(Cc1cccc(C)c1)C(=O)CN(c1cccc(OC)c1)S(=O)(=O)c1ccccc1. The zero-order valence-corrected chi connectivity index (χ0v) is 21.7. The number of benzene rings is 3. The maximum Gasteiger partial charge on any atom is 0.264 e. The fourth-order valence-corrected chi connectivity index (χ4v) is 5.24. The number of carbonyl (C=O) groups is 2. The minimum atomic E-state index is -4.11. The van der Waals surface area contributed by atoms with Gasteiger partial charge in [0.15, 0.2) is 0 Å². The lowest BCUT2D eigenvalue weighted by Gasteiger charge is -2.32. The molecule has 1 N–H and O–H groups in total. The van der Waals surface area contributed by atoms with Crippen molar-refractivity contribution < 1.29 is 22.7 Å². The van der Waals surface area contributed by atoms with Crippen LogP contribution in [-0.4, -0.2) is 51.9 Å². The minimum absolute atomic E-state index is 0.0465. The predicted octanol–water partition coefficient (Wildman–Crippen LogP) is 3.36. The molecule has 0 aromatic heterocycles. The van der Waals surface area contributed by atoms with Crippen molar-refractivity contribution >= 4 is 27.5 Å². The number of hydrogen-bond acceptors (Lipinski definition) is 5. The van der Waals surface area contributed by atoms with Crippen molar-refractivity contribution in [2.75, 3.05) is 25.0 Å². The first kappa shape index (κ1) is 26.7. The molecule has 9 heteroatoms. The Kier molecular flexibility index (Phi) is 8.71. The van der Waals surface area contributed by atoms with Crippen LogP contribution in [0.3, 0.4) is 0 Å². The fraction of sp³-hybridized carbons (Fsp3) is 0.259. The number of aryl methyl sites for hydroxylation is 1. The molecule has 1 atom stereocenters. The Morgan fingerprint density at radius 1 is 0.972 bits per heavy atom. The summed E-state index contributed by atoms with van der Waals surface area (Å²) in [6.45, 7) is 3.20. The molecule has 0 saturated heterocycles. The zero-order valence-electron chi connectivity index (χ0n) is 20.8. The standard InChI is InChI=1S/C27H31N3O5S/c1-20-10-8-11-22(16-20)18-29(21(2)27(32)28-3)26(31)19-30(23-12-9-13-24(17-23)35-4)36(33,34)25-14-6-5-7-15-25/h5-17,21H,18-19H2,1-4H3,(H,28,32). The summed E-state index contributed by atoms with van der Waals surface area (Å²) in [5.74, 6) is -0.423. The van der Waals surface area contributed by atoms with Crippen LogP contribution >= 0.6 is 0 Å². The summed E-state index contributed by atoms with van der Waals surface area (Å²) in [7, 11) is -1.13. The van der Waals surface area contributed by atoms with Crippen LogP contribution in [0.25, 0.3) is 0 Å². The largest absolute Gasteiger partial charge is 0.497 e. The molecule has 3 rings (SSSR count). The van der Waals surface area contributed by atoms with Crippen LogP contribution in [0.2, 0.25) is 0 Å². The Bertz CT molecular complexity index is 1310. The second-order valence-corrected chi connectivity index (χ2v) is 10.2. The number of nitrogens with zero attached hydrogens (tertiary/aromatic N) is 2. The molecule has 190 valence electrons. The first-order valence-electron chi connectivity index (χ1n) is 11.5. The highest BCUT2D eigenvalue weighted by Gasteiger charge is 2.32. The Labute approximate surface area is 212 Å². The number of anilines is 1. The van der Waals surface area contributed by atoms with Gasteiger partial charge in [-0.1, -0.05) is 54.1 Å². The molecule has 0 radical (unpaired) electrons. The zero-order chi connectivity index (χ0) is 26.3. The van der Waals surface area contributed by atoms with Crippen LogP contribution in [0.1, 0.15) is 18.1 Å². The van der Waals surface area contributed by atoms with Crippen LogP contribution in [0, 0.1) is 6.92 Å². The van der Waals surface area contributed by atoms with Gasteiger partial charge >= 0.3 is 0 Å². The molecule has 0 aliphatic heterocycles. The Hall–Kier alpha value is -3.85. The molecule has 0 aliphatic carbocycles. The van der Waals surface area contributed by atoms with Crippen molar-refractivity contribution in [1.29, 1.82) is 0 Å². The average Bonchev–Trinajstić information content (AvgIpc) is 2.89. The lowest BCUT2D eigenvalue weighted by Crippen LogP contribution is -2.50. The molecule has 3 aromatic carbocycles. The van der Waals surface area contributed by atoms with Gasteiger partial charge < -0.3 is 15.0 Å². The molecular weight excluding hydrogens is 478 g/mol. The van der Waals surface area contributed by atoms with E-state index in [9.17, 15) is 18.0 Å². The molecule has 36 heavy (non-hydrogen) atoms. The molecule has 0 bridgehead atoms. The average molecular weight is 510 g/mol. The van der Waals surface area contributed by atoms with E-state index in [-0.39, 0.29) is 23.0 Å². The fourth-order valence-electron chi connectivity index (χ4n) is 3.81. The van der Waals surface area contributed by atoms with Gasteiger partial charge in [-0.15, -0.1) is 0 Å². The maximum absolute atomic E-state index is 13.7. The van der Waals surface area contributed by atoms with Crippen molar-refractivity contribution in [2.24, 2.45) is 0 Å². The van der Waals surface area contributed by atoms with E-state index >= 15 is 0 Å². The quantitative estimate of drug-likeness (QED) is 0.452. The molecule has 1 unspecified atom stereocenters. The molecular formula is C27H31N3O5S. The Morgan fingerprint density at radius 3 is 2.31 bits per heavy atom. The third kappa shape index (κ3) is 6.23. The van der Waals surface area contributed by atoms with E-state index in [1.165, 1.54) is 31.2 Å². The molecule has 2 amide bonds. The summed E-state index contributed by atoms with van der Waals surface area (Å²) >= 11 is 0. The molecule has 0 saturated carbocycles. The van der Waals surface area contributed by atoms with E-state index in [1.54, 1.807) is 49.4 Å². The second kappa shape index (κ2) is 11.7.